The smallest absolute Gasteiger partial charge is 0.262 e. The SMILES string of the molecule is NC(=S)c1ccccc1OCC(=O)Nc1cccnc1. The molecular weight excluding hydrogens is 274 g/mol. The van der Waals surface area contributed by atoms with Crippen molar-refractivity contribution in [2.45, 2.75) is 0 Å². The zero-order valence-electron chi connectivity index (χ0n) is 10.6. The largest absolute Gasteiger partial charge is 0.483 e. The molecule has 1 heterocycles. The molecule has 0 radical (unpaired) electrons. The predicted molar refractivity (Wildman–Crippen MR) is 80.7 cm³/mol. The van der Waals surface area contributed by atoms with Crippen molar-refractivity contribution < 1.29 is 9.53 Å². The fourth-order valence-electron chi connectivity index (χ4n) is 1.57. The average Bonchev–Trinajstić information content (AvgIpc) is 2.46. The van der Waals surface area contributed by atoms with Gasteiger partial charge in [0.25, 0.3) is 5.91 Å². The molecule has 20 heavy (non-hydrogen) atoms. The summed E-state index contributed by atoms with van der Waals surface area (Å²) in [5.41, 5.74) is 6.81. The van der Waals surface area contributed by atoms with Gasteiger partial charge in [0.2, 0.25) is 0 Å². The molecule has 3 N–H and O–H groups in total. The van der Waals surface area contributed by atoms with Crippen LogP contribution in [0.15, 0.2) is 48.8 Å². The molecule has 0 fully saturated rings. The van der Waals surface area contributed by atoms with E-state index >= 15 is 0 Å². The molecule has 5 nitrogen and oxygen atoms in total. The minimum Gasteiger partial charge on any atom is -0.483 e. The molecule has 102 valence electrons. The number of carbonyl (C=O) groups is 1. The van der Waals surface area contributed by atoms with Crippen molar-refractivity contribution in [2.75, 3.05) is 11.9 Å². The Morgan fingerprint density at radius 3 is 2.80 bits per heavy atom. The molecule has 1 amide bonds. The summed E-state index contributed by atoms with van der Waals surface area (Å²) in [6.45, 7) is -0.130. The quantitative estimate of drug-likeness (QED) is 0.819. The molecule has 0 aliphatic carbocycles. The van der Waals surface area contributed by atoms with Gasteiger partial charge in [0, 0.05) is 6.20 Å². The molecule has 0 aliphatic rings. The first kappa shape index (κ1) is 14.0. The van der Waals surface area contributed by atoms with Crippen LogP contribution in [-0.2, 0) is 4.79 Å². The number of nitrogens with one attached hydrogen (secondary N) is 1. The fraction of sp³-hybridized carbons (Fsp3) is 0.0714. The number of hydrogen-bond donors (Lipinski definition) is 2. The van der Waals surface area contributed by atoms with E-state index in [-0.39, 0.29) is 17.5 Å². The highest BCUT2D eigenvalue weighted by Crippen LogP contribution is 2.17. The van der Waals surface area contributed by atoms with Gasteiger partial charge < -0.3 is 15.8 Å². The van der Waals surface area contributed by atoms with Crippen molar-refractivity contribution in [1.29, 1.82) is 0 Å². The van der Waals surface area contributed by atoms with E-state index in [0.717, 1.165) is 0 Å². The number of anilines is 1. The Kier molecular flexibility index (Phi) is 4.62. The van der Waals surface area contributed by atoms with E-state index in [0.29, 0.717) is 17.0 Å². The highest BCUT2D eigenvalue weighted by molar-refractivity contribution is 7.80. The molecule has 0 aliphatic heterocycles. The summed E-state index contributed by atoms with van der Waals surface area (Å²) in [4.78, 5) is 15.9. The second-order valence-corrected chi connectivity index (χ2v) is 4.38. The number of benzene rings is 1. The van der Waals surface area contributed by atoms with Crippen molar-refractivity contribution in [2.24, 2.45) is 5.73 Å². The monoisotopic (exact) mass is 287 g/mol. The first-order chi connectivity index (χ1) is 9.66. The molecule has 2 rings (SSSR count). The third kappa shape index (κ3) is 3.76. The van der Waals surface area contributed by atoms with Crippen LogP contribution in [0.4, 0.5) is 5.69 Å². The minimum atomic E-state index is -0.282. The number of pyridine rings is 1. The van der Waals surface area contributed by atoms with Crippen LogP contribution in [0.5, 0.6) is 5.75 Å². The first-order valence-corrected chi connectivity index (χ1v) is 6.29. The van der Waals surface area contributed by atoms with E-state index in [1.165, 1.54) is 0 Å². The summed E-state index contributed by atoms with van der Waals surface area (Å²) in [6.07, 6.45) is 3.19. The first-order valence-electron chi connectivity index (χ1n) is 5.88. The number of thiocarbonyl (C=S) groups is 1. The molecule has 6 heteroatoms. The van der Waals surface area contributed by atoms with Crippen LogP contribution in [0.3, 0.4) is 0 Å². The number of hydrogen-bond acceptors (Lipinski definition) is 4. The van der Waals surface area contributed by atoms with Crippen molar-refractivity contribution in [3.05, 3.63) is 54.4 Å². The van der Waals surface area contributed by atoms with Crippen LogP contribution in [0, 0.1) is 0 Å². The average molecular weight is 287 g/mol. The highest BCUT2D eigenvalue weighted by Gasteiger charge is 2.08. The number of ether oxygens (including phenoxy) is 1. The number of aromatic nitrogens is 1. The predicted octanol–water partition coefficient (Wildman–Crippen LogP) is 1.73. The molecular formula is C14H13N3O2S. The van der Waals surface area contributed by atoms with E-state index in [1.54, 1.807) is 48.8 Å². The van der Waals surface area contributed by atoms with E-state index in [2.05, 4.69) is 10.3 Å². The number of carbonyl (C=O) groups excluding carboxylic acids is 1. The summed E-state index contributed by atoms with van der Waals surface area (Å²) in [5, 5.41) is 2.67. The van der Waals surface area contributed by atoms with Gasteiger partial charge in [0.05, 0.1) is 17.4 Å². The normalized spacial score (nSPS) is 9.80. The van der Waals surface area contributed by atoms with Gasteiger partial charge in [0.1, 0.15) is 10.7 Å². The lowest BCUT2D eigenvalue weighted by Gasteiger charge is -2.10. The van der Waals surface area contributed by atoms with Gasteiger partial charge in [0.15, 0.2) is 6.61 Å². The number of amides is 1. The Hall–Kier alpha value is -2.47. The Balaban J connectivity index is 1.96. The minimum absolute atomic E-state index is 0.130. The summed E-state index contributed by atoms with van der Waals surface area (Å²) >= 11 is 4.92. The topological polar surface area (TPSA) is 77.2 Å². The Morgan fingerprint density at radius 1 is 1.30 bits per heavy atom. The molecule has 1 aromatic heterocycles. The lowest BCUT2D eigenvalue weighted by molar-refractivity contribution is -0.118. The van der Waals surface area contributed by atoms with Gasteiger partial charge in [-0.3, -0.25) is 9.78 Å². The number of nitrogens with zero attached hydrogens (tertiary/aromatic N) is 1. The van der Waals surface area contributed by atoms with Crippen LogP contribution in [0.2, 0.25) is 0 Å². The molecule has 0 bridgehead atoms. The van der Waals surface area contributed by atoms with Gasteiger partial charge in [-0.15, -0.1) is 0 Å². The van der Waals surface area contributed by atoms with Crippen molar-refractivity contribution in [1.82, 2.24) is 4.98 Å². The maximum Gasteiger partial charge on any atom is 0.262 e. The number of rotatable bonds is 5. The summed E-state index contributed by atoms with van der Waals surface area (Å²) in [5.74, 6) is 0.206. The van der Waals surface area contributed by atoms with Gasteiger partial charge in [-0.25, -0.2) is 0 Å². The van der Waals surface area contributed by atoms with Crippen LogP contribution in [-0.4, -0.2) is 22.5 Å². The maximum absolute atomic E-state index is 11.7. The van der Waals surface area contributed by atoms with Crippen molar-refractivity contribution >= 4 is 28.8 Å². The molecule has 1 aromatic carbocycles. The van der Waals surface area contributed by atoms with E-state index in [4.69, 9.17) is 22.7 Å². The maximum atomic E-state index is 11.7. The Morgan fingerprint density at radius 2 is 2.10 bits per heavy atom. The van der Waals surface area contributed by atoms with E-state index in [9.17, 15) is 4.79 Å². The Bertz CT molecular complexity index is 617. The van der Waals surface area contributed by atoms with E-state index in [1.807, 2.05) is 0 Å². The second-order valence-electron chi connectivity index (χ2n) is 3.94. The molecule has 0 saturated carbocycles. The van der Waals surface area contributed by atoms with Gasteiger partial charge in [-0.05, 0) is 24.3 Å². The standard InChI is InChI=1S/C14H13N3O2S/c15-14(20)11-5-1-2-6-12(11)19-9-13(18)17-10-4-3-7-16-8-10/h1-8H,9H2,(H2,15,20)(H,17,18). The number of para-hydroxylation sites is 1. The molecule has 0 unspecified atom stereocenters. The van der Waals surface area contributed by atoms with E-state index < -0.39 is 0 Å². The number of nitrogens with two attached hydrogens (primary N) is 1. The highest BCUT2D eigenvalue weighted by atomic mass is 32.1. The van der Waals surface area contributed by atoms with Crippen LogP contribution < -0.4 is 15.8 Å². The molecule has 0 spiro atoms. The third-order valence-electron chi connectivity index (χ3n) is 2.46. The van der Waals surface area contributed by atoms with Crippen LogP contribution >= 0.6 is 12.2 Å². The van der Waals surface area contributed by atoms with Crippen molar-refractivity contribution in [3.8, 4) is 5.75 Å². The lowest BCUT2D eigenvalue weighted by atomic mass is 10.2. The summed E-state index contributed by atoms with van der Waals surface area (Å²) < 4.78 is 5.43. The molecule has 0 atom stereocenters. The Labute approximate surface area is 121 Å². The van der Waals surface area contributed by atoms with Crippen LogP contribution in [0.25, 0.3) is 0 Å². The van der Waals surface area contributed by atoms with Gasteiger partial charge >= 0.3 is 0 Å². The zero-order valence-corrected chi connectivity index (χ0v) is 11.4. The molecule has 0 saturated heterocycles. The van der Waals surface area contributed by atoms with Crippen LogP contribution in [0.1, 0.15) is 5.56 Å². The zero-order chi connectivity index (χ0) is 14.4. The third-order valence-corrected chi connectivity index (χ3v) is 2.68. The van der Waals surface area contributed by atoms with Gasteiger partial charge in [-0.2, -0.15) is 0 Å². The summed E-state index contributed by atoms with van der Waals surface area (Å²) in [7, 11) is 0. The molecule has 2 aromatic rings. The van der Waals surface area contributed by atoms with Crippen molar-refractivity contribution in [3.63, 3.8) is 0 Å². The fourth-order valence-corrected chi connectivity index (χ4v) is 1.74. The second kappa shape index (κ2) is 6.63. The van der Waals surface area contributed by atoms with Gasteiger partial charge in [-0.1, -0.05) is 24.4 Å². The lowest BCUT2D eigenvalue weighted by Crippen LogP contribution is -2.21. The summed E-state index contributed by atoms with van der Waals surface area (Å²) in [6, 6.07) is 10.5.